The highest BCUT2D eigenvalue weighted by Crippen LogP contribution is 2.29. The molecule has 0 aromatic heterocycles. The zero-order valence-electron chi connectivity index (χ0n) is 9.47. The predicted molar refractivity (Wildman–Crippen MR) is 58.9 cm³/mol. The van der Waals surface area contributed by atoms with E-state index in [0.717, 1.165) is 12.1 Å². The maximum atomic E-state index is 12.3. The number of carbonyl (C=O) groups excluding carboxylic acids is 1. The first-order valence-corrected chi connectivity index (χ1v) is 5.30. The lowest BCUT2D eigenvalue weighted by Gasteiger charge is -2.07. The second-order valence-corrected chi connectivity index (χ2v) is 3.71. The summed E-state index contributed by atoms with van der Waals surface area (Å²) in [6.07, 6.45) is -3.34. The number of rotatable bonds is 5. The standard InChI is InChI=1S/C12H14F3NO/c1-16-8-2-3-11(17)9-4-6-10(7-5-9)12(13,14)15/h4-7,16H,2-3,8H2,1H3. The van der Waals surface area contributed by atoms with Crippen molar-refractivity contribution in [2.45, 2.75) is 19.0 Å². The molecule has 2 nitrogen and oxygen atoms in total. The third kappa shape index (κ3) is 4.19. The first-order valence-electron chi connectivity index (χ1n) is 5.30. The van der Waals surface area contributed by atoms with Gasteiger partial charge in [0.1, 0.15) is 0 Å². The third-order valence-electron chi connectivity index (χ3n) is 2.36. The molecule has 0 bridgehead atoms. The van der Waals surface area contributed by atoms with Gasteiger partial charge in [-0.1, -0.05) is 12.1 Å². The van der Waals surface area contributed by atoms with Crippen molar-refractivity contribution in [2.75, 3.05) is 13.6 Å². The number of hydrogen-bond donors (Lipinski definition) is 1. The van der Waals surface area contributed by atoms with Crippen molar-refractivity contribution in [3.8, 4) is 0 Å². The van der Waals surface area contributed by atoms with E-state index in [0.29, 0.717) is 24.9 Å². The van der Waals surface area contributed by atoms with Gasteiger partial charge in [0, 0.05) is 12.0 Å². The number of benzene rings is 1. The molecule has 0 unspecified atom stereocenters. The normalized spacial score (nSPS) is 11.5. The zero-order valence-corrected chi connectivity index (χ0v) is 9.47. The van der Waals surface area contributed by atoms with Gasteiger partial charge in [0.2, 0.25) is 0 Å². The van der Waals surface area contributed by atoms with Gasteiger partial charge in [-0.05, 0) is 32.1 Å². The molecule has 0 radical (unpaired) electrons. The van der Waals surface area contributed by atoms with Crippen molar-refractivity contribution in [3.63, 3.8) is 0 Å². The highest BCUT2D eigenvalue weighted by atomic mass is 19.4. The quantitative estimate of drug-likeness (QED) is 0.638. The largest absolute Gasteiger partial charge is 0.416 e. The Morgan fingerprint density at radius 2 is 1.82 bits per heavy atom. The fourth-order valence-corrected chi connectivity index (χ4v) is 1.42. The Morgan fingerprint density at radius 1 is 1.24 bits per heavy atom. The minimum Gasteiger partial charge on any atom is -0.320 e. The lowest BCUT2D eigenvalue weighted by molar-refractivity contribution is -0.137. The number of alkyl halides is 3. The summed E-state index contributed by atoms with van der Waals surface area (Å²) in [5.41, 5.74) is -0.404. The summed E-state index contributed by atoms with van der Waals surface area (Å²) >= 11 is 0. The van der Waals surface area contributed by atoms with Crippen molar-refractivity contribution < 1.29 is 18.0 Å². The predicted octanol–water partition coefficient (Wildman–Crippen LogP) is 2.89. The molecule has 1 aromatic carbocycles. The molecule has 1 rings (SSSR count). The Labute approximate surface area is 97.8 Å². The van der Waals surface area contributed by atoms with Crippen LogP contribution in [0.3, 0.4) is 0 Å². The van der Waals surface area contributed by atoms with Crippen LogP contribution in [0, 0.1) is 0 Å². The summed E-state index contributed by atoms with van der Waals surface area (Å²) < 4.78 is 36.8. The van der Waals surface area contributed by atoms with Gasteiger partial charge in [-0.3, -0.25) is 4.79 Å². The van der Waals surface area contributed by atoms with Crippen LogP contribution in [0.5, 0.6) is 0 Å². The minimum absolute atomic E-state index is 0.131. The Hall–Kier alpha value is -1.36. The van der Waals surface area contributed by atoms with Gasteiger partial charge in [0.25, 0.3) is 0 Å². The molecule has 0 fully saturated rings. The molecule has 0 amide bonds. The average Bonchev–Trinajstić information content (AvgIpc) is 2.28. The van der Waals surface area contributed by atoms with E-state index >= 15 is 0 Å². The molecular weight excluding hydrogens is 231 g/mol. The van der Waals surface area contributed by atoms with Crippen LogP contribution >= 0.6 is 0 Å². The lowest BCUT2D eigenvalue weighted by atomic mass is 10.0. The number of hydrogen-bond acceptors (Lipinski definition) is 2. The van der Waals surface area contributed by atoms with Gasteiger partial charge in [-0.15, -0.1) is 0 Å². The minimum atomic E-state index is -4.35. The number of carbonyl (C=O) groups is 1. The van der Waals surface area contributed by atoms with Gasteiger partial charge in [0.05, 0.1) is 5.56 Å². The van der Waals surface area contributed by atoms with Crippen molar-refractivity contribution in [1.82, 2.24) is 5.32 Å². The molecule has 0 saturated carbocycles. The summed E-state index contributed by atoms with van der Waals surface area (Å²) in [4.78, 5) is 11.6. The topological polar surface area (TPSA) is 29.1 Å². The van der Waals surface area contributed by atoms with Crippen LogP contribution in [-0.2, 0) is 6.18 Å². The number of halogens is 3. The van der Waals surface area contributed by atoms with Crippen molar-refractivity contribution in [3.05, 3.63) is 35.4 Å². The molecule has 0 aliphatic rings. The van der Waals surface area contributed by atoms with Crippen LogP contribution in [0.25, 0.3) is 0 Å². The summed E-state index contributed by atoms with van der Waals surface area (Å²) in [6, 6.07) is 4.33. The maximum absolute atomic E-state index is 12.3. The number of ketones is 1. The van der Waals surface area contributed by atoms with Crippen LogP contribution in [0.2, 0.25) is 0 Å². The lowest BCUT2D eigenvalue weighted by Crippen LogP contribution is -2.10. The monoisotopic (exact) mass is 245 g/mol. The van der Waals surface area contributed by atoms with Crippen LogP contribution < -0.4 is 5.32 Å². The van der Waals surface area contributed by atoms with E-state index in [1.165, 1.54) is 12.1 Å². The molecule has 1 N–H and O–H groups in total. The first kappa shape index (κ1) is 13.7. The van der Waals surface area contributed by atoms with Crippen LogP contribution in [0.4, 0.5) is 13.2 Å². The summed E-state index contributed by atoms with van der Waals surface area (Å²) in [7, 11) is 1.78. The van der Waals surface area contributed by atoms with E-state index < -0.39 is 11.7 Å². The van der Waals surface area contributed by atoms with Crippen molar-refractivity contribution >= 4 is 5.78 Å². The maximum Gasteiger partial charge on any atom is 0.416 e. The van der Waals surface area contributed by atoms with E-state index in [2.05, 4.69) is 5.32 Å². The van der Waals surface area contributed by atoms with Gasteiger partial charge in [0.15, 0.2) is 5.78 Å². The molecule has 0 aliphatic heterocycles. The molecule has 5 heteroatoms. The fraction of sp³-hybridized carbons (Fsp3) is 0.417. The Kier molecular flexibility index (Phi) is 4.69. The molecular formula is C12H14F3NO. The van der Waals surface area contributed by atoms with E-state index in [1.54, 1.807) is 7.05 Å². The van der Waals surface area contributed by atoms with E-state index in [9.17, 15) is 18.0 Å². The summed E-state index contributed by atoms with van der Waals surface area (Å²) in [5.74, 6) is -0.131. The first-order chi connectivity index (χ1) is 7.95. The fourth-order valence-electron chi connectivity index (χ4n) is 1.42. The molecule has 0 aliphatic carbocycles. The van der Waals surface area contributed by atoms with E-state index in [-0.39, 0.29) is 5.78 Å². The van der Waals surface area contributed by atoms with Crippen LogP contribution in [0.1, 0.15) is 28.8 Å². The molecule has 0 saturated heterocycles. The highest BCUT2D eigenvalue weighted by Gasteiger charge is 2.30. The van der Waals surface area contributed by atoms with Gasteiger partial charge in [-0.2, -0.15) is 13.2 Å². The van der Waals surface area contributed by atoms with Crippen LogP contribution in [0.15, 0.2) is 24.3 Å². The average molecular weight is 245 g/mol. The molecule has 1 aromatic rings. The smallest absolute Gasteiger partial charge is 0.320 e. The molecule has 94 valence electrons. The second kappa shape index (κ2) is 5.82. The van der Waals surface area contributed by atoms with Gasteiger partial charge < -0.3 is 5.32 Å². The van der Waals surface area contributed by atoms with E-state index in [1.807, 2.05) is 0 Å². The third-order valence-corrected chi connectivity index (χ3v) is 2.36. The highest BCUT2D eigenvalue weighted by molar-refractivity contribution is 5.96. The second-order valence-electron chi connectivity index (χ2n) is 3.71. The Bertz CT molecular complexity index is 370. The number of Topliss-reactive ketones (excluding diaryl/α,β-unsaturated/α-hetero) is 1. The van der Waals surface area contributed by atoms with Gasteiger partial charge in [-0.25, -0.2) is 0 Å². The number of nitrogens with one attached hydrogen (secondary N) is 1. The van der Waals surface area contributed by atoms with Crippen molar-refractivity contribution in [1.29, 1.82) is 0 Å². The molecule has 17 heavy (non-hydrogen) atoms. The zero-order chi connectivity index (χ0) is 12.9. The van der Waals surface area contributed by atoms with E-state index in [4.69, 9.17) is 0 Å². The summed E-state index contributed by atoms with van der Waals surface area (Å²) in [5, 5.41) is 2.90. The SMILES string of the molecule is CNCCCC(=O)c1ccc(C(F)(F)F)cc1. The van der Waals surface area contributed by atoms with Gasteiger partial charge >= 0.3 is 6.18 Å². The summed E-state index contributed by atoms with van der Waals surface area (Å²) in [6.45, 7) is 0.715. The Balaban J connectivity index is 2.64. The molecule has 0 spiro atoms. The van der Waals surface area contributed by atoms with Crippen molar-refractivity contribution in [2.24, 2.45) is 0 Å². The molecule has 0 atom stereocenters. The Morgan fingerprint density at radius 3 is 2.29 bits per heavy atom. The molecule has 0 heterocycles. The van der Waals surface area contributed by atoms with Crippen LogP contribution in [-0.4, -0.2) is 19.4 Å².